The van der Waals surface area contributed by atoms with Gasteiger partial charge in [-0.2, -0.15) is 13.2 Å². The van der Waals surface area contributed by atoms with Gasteiger partial charge in [-0.1, -0.05) is 32.4 Å². The first-order valence-corrected chi connectivity index (χ1v) is 10.3. The van der Waals surface area contributed by atoms with Gasteiger partial charge in [0.15, 0.2) is 0 Å². The van der Waals surface area contributed by atoms with E-state index >= 15 is 0 Å². The summed E-state index contributed by atoms with van der Waals surface area (Å²) in [5.74, 6) is -1.46. The van der Waals surface area contributed by atoms with Crippen molar-refractivity contribution in [1.82, 2.24) is 10.2 Å². The molecule has 0 radical (unpaired) electrons. The minimum Gasteiger partial charge on any atom is -0.516 e. The van der Waals surface area contributed by atoms with Gasteiger partial charge in [0.05, 0.1) is 11.8 Å². The number of rotatable bonds is 4. The summed E-state index contributed by atoms with van der Waals surface area (Å²) in [6.07, 6.45) is 7.23. The highest BCUT2D eigenvalue weighted by atomic mass is 19.4. The number of allylic oxidation sites excluding steroid dienone is 1. The highest BCUT2D eigenvalue weighted by Crippen LogP contribution is 2.31. The fourth-order valence-electron chi connectivity index (χ4n) is 2.49. The zero-order valence-electron chi connectivity index (χ0n) is 19.5. The second-order valence-electron chi connectivity index (χ2n) is 6.61. The second kappa shape index (κ2) is 17.8. The first-order chi connectivity index (χ1) is 16.0. The number of ether oxygens (including phenoxy) is 1. The lowest BCUT2D eigenvalue weighted by Crippen LogP contribution is -2.47. The number of nitrogens with one attached hydrogen (secondary N) is 1. The van der Waals surface area contributed by atoms with Gasteiger partial charge in [-0.15, -0.1) is 12.8 Å². The van der Waals surface area contributed by atoms with Crippen molar-refractivity contribution in [3.8, 4) is 18.6 Å². The Morgan fingerprint density at radius 3 is 2.32 bits per heavy atom. The molecule has 8 nitrogen and oxygen atoms in total. The number of carbonyl (C=O) groups excluding carboxylic acids is 3. The van der Waals surface area contributed by atoms with Gasteiger partial charge in [-0.3, -0.25) is 9.59 Å². The van der Waals surface area contributed by atoms with Gasteiger partial charge in [0.25, 0.3) is 0 Å². The third-order valence-electron chi connectivity index (χ3n) is 3.81. The van der Waals surface area contributed by atoms with Crippen LogP contribution in [0.15, 0.2) is 36.6 Å². The van der Waals surface area contributed by atoms with Gasteiger partial charge in [0, 0.05) is 6.54 Å². The molecule has 1 aliphatic rings. The molecular weight excluding hydrogens is 455 g/mol. The van der Waals surface area contributed by atoms with Crippen molar-refractivity contribution in [3.05, 3.63) is 42.2 Å². The number of alkyl halides is 3. The van der Waals surface area contributed by atoms with Crippen LogP contribution < -0.4 is 15.8 Å². The molecule has 4 N–H and O–H groups in total. The quantitative estimate of drug-likeness (QED) is 0.438. The van der Waals surface area contributed by atoms with Crippen LogP contribution in [0.2, 0.25) is 0 Å². The summed E-state index contributed by atoms with van der Waals surface area (Å²) in [7, 11) is 0. The van der Waals surface area contributed by atoms with E-state index in [-0.39, 0.29) is 5.75 Å². The van der Waals surface area contributed by atoms with Crippen LogP contribution in [0.25, 0.3) is 0 Å². The zero-order chi connectivity index (χ0) is 26.7. The lowest BCUT2D eigenvalue weighted by atomic mass is 10.2. The van der Waals surface area contributed by atoms with Crippen LogP contribution in [-0.2, 0) is 15.8 Å². The van der Waals surface area contributed by atoms with Crippen molar-refractivity contribution in [2.75, 3.05) is 13.1 Å². The Labute approximate surface area is 197 Å². The number of likely N-dealkylation sites (tertiary alicyclic amines) is 1. The Bertz CT molecular complexity index is 807. The third kappa shape index (κ3) is 13.0. The Kier molecular flexibility index (Phi) is 17.0. The average molecular weight is 488 g/mol. The minimum atomic E-state index is -4.56. The fourth-order valence-corrected chi connectivity index (χ4v) is 2.49. The summed E-state index contributed by atoms with van der Waals surface area (Å²) in [5, 5.41) is 9.83. The van der Waals surface area contributed by atoms with E-state index in [0.29, 0.717) is 25.5 Å². The maximum absolute atomic E-state index is 12.6. The molecule has 34 heavy (non-hydrogen) atoms. The van der Waals surface area contributed by atoms with Crippen LogP contribution in [0, 0.1) is 12.8 Å². The number of halogens is 3. The molecule has 11 heteroatoms. The number of hydrogen-bond donors (Lipinski definition) is 3. The Balaban J connectivity index is 0. The van der Waals surface area contributed by atoms with Gasteiger partial charge < -0.3 is 25.8 Å². The molecule has 0 aromatic heterocycles. The Hall–Kier alpha value is -3.68. The molecule has 3 amide bonds. The van der Waals surface area contributed by atoms with Crippen LogP contribution in [0.5, 0.6) is 5.75 Å². The first-order valence-electron chi connectivity index (χ1n) is 10.3. The predicted molar refractivity (Wildman–Crippen MR) is 123 cm³/mol. The summed E-state index contributed by atoms with van der Waals surface area (Å²) >= 11 is 0. The molecule has 0 spiro atoms. The fraction of sp³-hybridized carbons (Fsp3) is 0.435. The third-order valence-corrected chi connectivity index (χ3v) is 3.81. The number of aliphatic hydroxyl groups is 1. The molecule has 1 fully saturated rings. The molecule has 1 aromatic carbocycles. The van der Waals surface area contributed by atoms with E-state index in [0.717, 1.165) is 18.4 Å². The number of nitrogens with zero attached hydrogens (tertiary/aromatic N) is 1. The van der Waals surface area contributed by atoms with E-state index in [4.69, 9.17) is 15.6 Å². The van der Waals surface area contributed by atoms with Crippen molar-refractivity contribution in [3.63, 3.8) is 0 Å². The van der Waals surface area contributed by atoms with E-state index in [2.05, 4.69) is 32.0 Å². The predicted octanol–water partition coefficient (Wildman–Crippen LogP) is 4.01. The highest BCUT2D eigenvalue weighted by Gasteiger charge is 2.33. The standard InChI is InChI=1S/C15H16F3N3O4.C3H6O.C3H8.C2H2/c16-15(17,18)9-3-1-4-10(7-9)25-14(24)20-8-12(22)21-6-2-5-11(21)13(19)23;1-2-3-4;1-3-2;1-2/h1,3-4,7,11H,2,5-6,8H2,(H2,19,23)(H,20,24);2-4H,1H3;3H2,1-2H3;1-2H/b;3-2+;;/t11-;;;/m0.../s1. The van der Waals surface area contributed by atoms with E-state index in [1.807, 2.05) is 0 Å². The number of benzene rings is 1. The van der Waals surface area contributed by atoms with Crippen LogP contribution in [0.3, 0.4) is 0 Å². The van der Waals surface area contributed by atoms with Crippen molar-refractivity contribution >= 4 is 17.9 Å². The smallest absolute Gasteiger partial charge is 0.416 e. The van der Waals surface area contributed by atoms with Gasteiger partial charge in [-0.25, -0.2) is 4.79 Å². The average Bonchev–Trinajstić information content (AvgIpc) is 3.30. The molecule has 0 saturated carbocycles. The molecule has 1 heterocycles. The van der Waals surface area contributed by atoms with E-state index in [1.54, 1.807) is 13.0 Å². The number of amides is 3. The normalized spacial score (nSPS) is 14.4. The summed E-state index contributed by atoms with van der Waals surface area (Å²) in [6, 6.07) is 3.07. The summed E-state index contributed by atoms with van der Waals surface area (Å²) in [5.41, 5.74) is 4.23. The molecule has 190 valence electrons. The molecular formula is C23H32F3N3O5. The summed E-state index contributed by atoms with van der Waals surface area (Å²) < 4.78 is 42.5. The van der Waals surface area contributed by atoms with Crippen LogP contribution in [-0.4, -0.2) is 47.0 Å². The van der Waals surface area contributed by atoms with Crippen LogP contribution in [0.1, 0.15) is 45.6 Å². The largest absolute Gasteiger partial charge is 0.516 e. The number of nitrogens with two attached hydrogens (primary N) is 1. The van der Waals surface area contributed by atoms with Gasteiger partial charge in [0.2, 0.25) is 11.8 Å². The molecule has 0 unspecified atom stereocenters. The monoisotopic (exact) mass is 487 g/mol. The SMILES string of the molecule is C#C.C/C=C/O.CCC.NC(=O)[C@@H]1CCCN1C(=O)CNC(=O)Oc1cccc(C(F)(F)F)c1. The number of terminal acetylenes is 1. The van der Waals surface area contributed by atoms with Crippen molar-refractivity contribution in [1.29, 1.82) is 0 Å². The Morgan fingerprint density at radius 1 is 1.29 bits per heavy atom. The van der Waals surface area contributed by atoms with Gasteiger partial charge in [0.1, 0.15) is 18.3 Å². The molecule has 2 rings (SSSR count). The Morgan fingerprint density at radius 2 is 1.85 bits per heavy atom. The van der Waals surface area contributed by atoms with Crippen molar-refractivity contribution in [2.45, 2.75) is 52.3 Å². The van der Waals surface area contributed by atoms with Gasteiger partial charge in [-0.05, 0) is 38.0 Å². The van der Waals surface area contributed by atoms with E-state index in [9.17, 15) is 27.6 Å². The maximum atomic E-state index is 12.6. The van der Waals surface area contributed by atoms with Crippen LogP contribution in [0.4, 0.5) is 18.0 Å². The van der Waals surface area contributed by atoms with E-state index < -0.39 is 42.2 Å². The van der Waals surface area contributed by atoms with Crippen molar-refractivity contribution < 1.29 is 37.4 Å². The molecule has 0 aliphatic carbocycles. The summed E-state index contributed by atoms with van der Waals surface area (Å²) in [4.78, 5) is 36.1. The number of primary amides is 1. The van der Waals surface area contributed by atoms with E-state index in [1.165, 1.54) is 17.4 Å². The lowest BCUT2D eigenvalue weighted by molar-refractivity contribution is -0.137. The molecule has 1 aromatic rings. The van der Waals surface area contributed by atoms with Crippen molar-refractivity contribution in [2.24, 2.45) is 5.73 Å². The summed E-state index contributed by atoms with van der Waals surface area (Å²) in [6.45, 7) is 5.89. The minimum absolute atomic E-state index is 0.309. The molecule has 1 aliphatic heterocycles. The number of carbonyl (C=O) groups is 3. The first kappa shape index (κ1) is 32.5. The van der Waals surface area contributed by atoms with Crippen LogP contribution >= 0.6 is 0 Å². The van der Waals surface area contributed by atoms with Gasteiger partial charge >= 0.3 is 12.3 Å². The molecule has 1 atom stereocenters. The lowest BCUT2D eigenvalue weighted by Gasteiger charge is -2.22. The zero-order valence-corrected chi connectivity index (χ0v) is 19.5. The highest BCUT2D eigenvalue weighted by molar-refractivity contribution is 5.89. The molecule has 1 saturated heterocycles. The number of aliphatic hydroxyl groups excluding tert-OH is 1. The maximum Gasteiger partial charge on any atom is 0.416 e. The second-order valence-corrected chi connectivity index (χ2v) is 6.61. The number of hydrogen-bond acceptors (Lipinski definition) is 5. The molecule has 0 bridgehead atoms. The topological polar surface area (TPSA) is 122 Å².